The van der Waals surface area contributed by atoms with E-state index >= 15 is 0 Å². The van der Waals surface area contributed by atoms with Gasteiger partial charge in [0.15, 0.2) is 0 Å². The lowest BCUT2D eigenvalue weighted by atomic mass is 10.1. The number of hydrazine groups is 1. The highest BCUT2D eigenvalue weighted by atomic mass is 16.5. The van der Waals surface area contributed by atoms with Crippen molar-refractivity contribution in [3.8, 4) is 11.5 Å². The highest BCUT2D eigenvalue weighted by Gasteiger charge is 2.35. The number of ether oxygens (including phenoxy) is 2. The molecule has 2 N–H and O–H groups in total. The molecular formula is C20H21N3O5. The summed E-state index contributed by atoms with van der Waals surface area (Å²) in [6, 6.07) is 13.5. The molecule has 146 valence electrons. The summed E-state index contributed by atoms with van der Waals surface area (Å²) in [5.74, 6) is -0.245. The Morgan fingerprint density at radius 2 is 1.50 bits per heavy atom. The molecule has 1 aliphatic rings. The molecule has 1 fully saturated rings. The summed E-state index contributed by atoms with van der Waals surface area (Å²) < 4.78 is 10.1. The standard InChI is InChI=1S/C20H21N3O5/c1-27-16-7-3-13(4-8-16)19(25)21-22-20(26)14-11-18(24)23(12-14)15-5-9-17(28-2)10-6-15/h3-10,14H,11-12H2,1-2H3,(H,21,25)(H,22,26). The number of benzene rings is 2. The summed E-state index contributed by atoms with van der Waals surface area (Å²) >= 11 is 0. The van der Waals surface area contributed by atoms with Gasteiger partial charge in [-0.1, -0.05) is 0 Å². The van der Waals surface area contributed by atoms with Crippen LogP contribution in [0.4, 0.5) is 5.69 Å². The normalized spacial score (nSPS) is 15.9. The van der Waals surface area contributed by atoms with E-state index in [1.165, 1.54) is 7.11 Å². The number of carbonyl (C=O) groups is 3. The highest BCUT2D eigenvalue weighted by Crippen LogP contribution is 2.26. The Balaban J connectivity index is 1.55. The Morgan fingerprint density at radius 1 is 0.929 bits per heavy atom. The van der Waals surface area contributed by atoms with Crippen LogP contribution >= 0.6 is 0 Å². The Morgan fingerprint density at radius 3 is 2.07 bits per heavy atom. The predicted molar refractivity (Wildman–Crippen MR) is 102 cm³/mol. The van der Waals surface area contributed by atoms with Crippen LogP contribution in [0, 0.1) is 5.92 Å². The van der Waals surface area contributed by atoms with Crippen LogP contribution in [0.25, 0.3) is 0 Å². The minimum absolute atomic E-state index is 0.0796. The fraction of sp³-hybridized carbons (Fsp3) is 0.250. The average molecular weight is 383 g/mol. The summed E-state index contributed by atoms with van der Waals surface area (Å²) in [6.45, 7) is 0.245. The van der Waals surface area contributed by atoms with Gasteiger partial charge in [-0.15, -0.1) is 0 Å². The Labute approximate surface area is 162 Å². The molecule has 0 saturated carbocycles. The van der Waals surface area contributed by atoms with Gasteiger partial charge in [0.05, 0.1) is 20.1 Å². The van der Waals surface area contributed by atoms with E-state index in [0.29, 0.717) is 22.7 Å². The summed E-state index contributed by atoms with van der Waals surface area (Å²) in [6.07, 6.45) is 0.0796. The highest BCUT2D eigenvalue weighted by molar-refractivity contribution is 6.01. The van der Waals surface area contributed by atoms with Crippen LogP contribution in [0.1, 0.15) is 16.8 Å². The van der Waals surface area contributed by atoms with Crippen molar-refractivity contribution in [2.45, 2.75) is 6.42 Å². The topological polar surface area (TPSA) is 97.0 Å². The molecule has 0 aliphatic carbocycles. The van der Waals surface area contributed by atoms with Crippen molar-refractivity contribution in [1.29, 1.82) is 0 Å². The summed E-state index contributed by atoms with van der Waals surface area (Å²) in [4.78, 5) is 38.3. The molecule has 0 bridgehead atoms. The van der Waals surface area contributed by atoms with Crippen LogP contribution in [-0.2, 0) is 9.59 Å². The number of rotatable bonds is 5. The molecule has 1 aliphatic heterocycles. The monoisotopic (exact) mass is 383 g/mol. The Kier molecular flexibility index (Phi) is 5.78. The molecule has 3 amide bonds. The second kappa shape index (κ2) is 8.43. The maximum atomic E-state index is 12.4. The van der Waals surface area contributed by atoms with Gasteiger partial charge in [-0.3, -0.25) is 25.2 Å². The molecule has 3 rings (SSSR count). The molecule has 1 saturated heterocycles. The minimum atomic E-state index is -0.550. The van der Waals surface area contributed by atoms with Gasteiger partial charge >= 0.3 is 0 Å². The smallest absolute Gasteiger partial charge is 0.269 e. The molecule has 1 atom stereocenters. The predicted octanol–water partition coefficient (Wildman–Crippen LogP) is 1.52. The fourth-order valence-corrected chi connectivity index (χ4v) is 2.93. The molecule has 0 spiro atoms. The van der Waals surface area contributed by atoms with Crippen molar-refractivity contribution in [3.63, 3.8) is 0 Å². The second-order valence-electron chi connectivity index (χ2n) is 6.28. The Hall–Kier alpha value is -3.55. The lowest BCUT2D eigenvalue weighted by molar-refractivity contribution is -0.126. The molecule has 28 heavy (non-hydrogen) atoms. The van der Waals surface area contributed by atoms with E-state index in [0.717, 1.165) is 0 Å². The SMILES string of the molecule is COc1ccc(C(=O)NNC(=O)C2CC(=O)N(c3ccc(OC)cc3)C2)cc1. The number of nitrogens with one attached hydrogen (secondary N) is 2. The third-order valence-electron chi connectivity index (χ3n) is 4.53. The van der Waals surface area contributed by atoms with E-state index < -0.39 is 17.7 Å². The maximum absolute atomic E-state index is 12.4. The van der Waals surface area contributed by atoms with Crippen molar-refractivity contribution in [3.05, 3.63) is 54.1 Å². The molecule has 1 unspecified atom stereocenters. The lowest BCUT2D eigenvalue weighted by Gasteiger charge is -2.17. The third-order valence-corrected chi connectivity index (χ3v) is 4.53. The quantitative estimate of drug-likeness (QED) is 0.763. The minimum Gasteiger partial charge on any atom is -0.497 e. The number of amides is 3. The lowest BCUT2D eigenvalue weighted by Crippen LogP contribution is -2.45. The first-order valence-corrected chi connectivity index (χ1v) is 8.70. The summed E-state index contributed by atoms with van der Waals surface area (Å²) in [5, 5.41) is 0. The van der Waals surface area contributed by atoms with E-state index in [1.807, 2.05) is 0 Å². The van der Waals surface area contributed by atoms with Gasteiger partial charge in [0.25, 0.3) is 5.91 Å². The molecule has 0 aromatic heterocycles. The van der Waals surface area contributed by atoms with Crippen LogP contribution in [0.3, 0.4) is 0 Å². The first-order chi connectivity index (χ1) is 13.5. The van der Waals surface area contributed by atoms with Crippen molar-refractivity contribution >= 4 is 23.4 Å². The largest absolute Gasteiger partial charge is 0.497 e. The van der Waals surface area contributed by atoms with E-state index in [-0.39, 0.29) is 18.9 Å². The van der Waals surface area contributed by atoms with Crippen LogP contribution in [-0.4, -0.2) is 38.5 Å². The summed E-state index contributed by atoms with van der Waals surface area (Å²) in [5.41, 5.74) is 5.84. The number of anilines is 1. The van der Waals surface area contributed by atoms with Gasteiger partial charge in [-0.25, -0.2) is 0 Å². The first-order valence-electron chi connectivity index (χ1n) is 8.70. The van der Waals surface area contributed by atoms with Gasteiger partial charge in [0.2, 0.25) is 11.8 Å². The van der Waals surface area contributed by atoms with E-state index in [9.17, 15) is 14.4 Å². The van der Waals surface area contributed by atoms with Gasteiger partial charge in [-0.2, -0.15) is 0 Å². The van der Waals surface area contributed by atoms with Crippen LogP contribution in [0.15, 0.2) is 48.5 Å². The van der Waals surface area contributed by atoms with Crippen molar-refractivity contribution < 1.29 is 23.9 Å². The molecule has 2 aromatic carbocycles. The van der Waals surface area contributed by atoms with Crippen LogP contribution in [0.5, 0.6) is 11.5 Å². The number of nitrogens with zero attached hydrogens (tertiary/aromatic N) is 1. The maximum Gasteiger partial charge on any atom is 0.269 e. The van der Waals surface area contributed by atoms with E-state index in [2.05, 4.69) is 10.9 Å². The molecule has 2 aromatic rings. The van der Waals surface area contributed by atoms with E-state index in [4.69, 9.17) is 9.47 Å². The Bertz CT molecular complexity index is 864. The summed E-state index contributed by atoms with van der Waals surface area (Å²) in [7, 11) is 3.10. The zero-order valence-electron chi connectivity index (χ0n) is 15.6. The second-order valence-corrected chi connectivity index (χ2v) is 6.28. The number of methoxy groups -OCH3 is 2. The van der Waals surface area contributed by atoms with Crippen molar-refractivity contribution in [2.24, 2.45) is 5.92 Å². The molecule has 0 radical (unpaired) electrons. The average Bonchev–Trinajstić information content (AvgIpc) is 3.13. The van der Waals surface area contributed by atoms with Crippen LogP contribution < -0.4 is 25.2 Å². The third kappa shape index (κ3) is 4.22. The van der Waals surface area contributed by atoms with Crippen LogP contribution in [0.2, 0.25) is 0 Å². The van der Waals surface area contributed by atoms with E-state index in [1.54, 1.807) is 60.5 Å². The zero-order valence-corrected chi connectivity index (χ0v) is 15.6. The first kappa shape index (κ1) is 19.2. The molecular weight excluding hydrogens is 362 g/mol. The van der Waals surface area contributed by atoms with Gasteiger partial charge < -0.3 is 14.4 Å². The zero-order chi connectivity index (χ0) is 20.1. The number of hydrogen-bond donors (Lipinski definition) is 2. The molecule has 8 heteroatoms. The van der Waals surface area contributed by atoms with Crippen molar-refractivity contribution in [1.82, 2.24) is 10.9 Å². The van der Waals surface area contributed by atoms with Gasteiger partial charge in [0, 0.05) is 24.2 Å². The molecule has 1 heterocycles. The van der Waals surface area contributed by atoms with Crippen molar-refractivity contribution in [2.75, 3.05) is 25.7 Å². The number of carbonyl (C=O) groups excluding carboxylic acids is 3. The van der Waals surface area contributed by atoms with Gasteiger partial charge in [0.1, 0.15) is 11.5 Å². The molecule has 8 nitrogen and oxygen atoms in total. The number of hydrogen-bond acceptors (Lipinski definition) is 5. The fourth-order valence-electron chi connectivity index (χ4n) is 2.93. The van der Waals surface area contributed by atoms with Gasteiger partial charge in [-0.05, 0) is 48.5 Å².